The minimum atomic E-state index is -3.06. The lowest BCUT2D eigenvalue weighted by molar-refractivity contribution is -0.124. The molecule has 0 unspecified atom stereocenters. The van der Waals surface area contributed by atoms with Crippen LogP contribution < -0.4 is 10.2 Å². The van der Waals surface area contributed by atoms with Gasteiger partial charge in [-0.2, -0.15) is 5.10 Å². The summed E-state index contributed by atoms with van der Waals surface area (Å²) in [5.74, 6) is -0.135. The van der Waals surface area contributed by atoms with E-state index in [1.807, 2.05) is 24.3 Å². The molecule has 1 aromatic carbocycles. The molecular formula is C15H18N2O4S. The first-order chi connectivity index (χ1) is 10.5. The number of ether oxygens (including phenoxy) is 1. The van der Waals surface area contributed by atoms with Crippen LogP contribution in [0.5, 0.6) is 5.75 Å². The molecule has 1 N–H and O–H groups in total. The number of amides is 1. The molecule has 0 radical (unpaired) electrons. The Hall–Kier alpha value is -2.15. The summed E-state index contributed by atoms with van der Waals surface area (Å²) in [4.78, 5) is 11.7. The van der Waals surface area contributed by atoms with E-state index in [2.05, 4.69) is 10.5 Å². The van der Waals surface area contributed by atoms with E-state index >= 15 is 0 Å². The van der Waals surface area contributed by atoms with Crippen molar-refractivity contribution in [2.24, 2.45) is 11.0 Å². The maximum Gasteiger partial charge on any atom is 0.244 e. The van der Waals surface area contributed by atoms with Gasteiger partial charge in [-0.3, -0.25) is 4.79 Å². The second-order valence-corrected chi connectivity index (χ2v) is 7.18. The van der Waals surface area contributed by atoms with Gasteiger partial charge in [0.25, 0.3) is 0 Å². The summed E-state index contributed by atoms with van der Waals surface area (Å²) in [6.45, 7) is 0. The molecule has 0 spiro atoms. The van der Waals surface area contributed by atoms with Gasteiger partial charge in [0.1, 0.15) is 5.75 Å². The Bertz CT molecular complexity index is 695. The van der Waals surface area contributed by atoms with E-state index < -0.39 is 15.8 Å². The van der Waals surface area contributed by atoms with Gasteiger partial charge in [-0.15, -0.1) is 0 Å². The molecule has 1 aliphatic rings. The Morgan fingerprint density at radius 1 is 1.41 bits per heavy atom. The standard InChI is InChI=1S/C15H18N2O4S/c1-21-14-7-3-2-5-12(14)6-4-9-16-17-15(18)13-8-10-22(19,20)11-13/h2-7,9,13H,8,10-11H2,1H3,(H,17,18)/b6-4+,16-9-/t13-/m1/s1. The number of rotatable bonds is 5. The number of hydrogen-bond donors (Lipinski definition) is 1. The lowest BCUT2D eigenvalue weighted by atomic mass is 10.1. The van der Waals surface area contributed by atoms with Gasteiger partial charge in [0.05, 0.1) is 24.5 Å². The molecule has 1 saturated heterocycles. The molecule has 0 bridgehead atoms. The van der Waals surface area contributed by atoms with Crippen LogP contribution in [0.15, 0.2) is 35.4 Å². The Balaban J connectivity index is 1.85. The van der Waals surface area contributed by atoms with Crippen LogP contribution in [0.3, 0.4) is 0 Å². The van der Waals surface area contributed by atoms with E-state index in [-0.39, 0.29) is 17.4 Å². The van der Waals surface area contributed by atoms with Crippen LogP contribution >= 0.6 is 0 Å². The molecule has 1 aliphatic heterocycles. The van der Waals surface area contributed by atoms with E-state index in [1.165, 1.54) is 6.21 Å². The quantitative estimate of drug-likeness (QED) is 0.653. The molecule has 1 aromatic rings. The number of hydrogen-bond acceptors (Lipinski definition) is 5. The minimum absolute atomic E-state index is 0.0719. The summed E-state index contributed by atoms with van der Waals surface area (Å²) in [5.41, 5.74) is 3.25. The Kier molecular flexibility index (Phi) is 5.32. The second-order valence-electron chi connectivity index (χ2n) is 4.96. The monoisotopic (exact) mass is 322 g/mol. The van der Waals surface area contributed by atoms with Crippen molar-refractivity contribution in [1.82, 2.24) is 5.43 Å². The van der Waals surface area contributed by atoms with Gasteiger partial charge in [0.15, 0.2) is 9.84 Å². The number of nitrogens with zero attached hydrogens (tertiary/aromatic N) is 1. The molecule has 0 aromatic heterocycles. The fourth-order valence-corrected chi connectivity index (χ4v) is 3.93. The van der Waals surface area contributed by atoms with Crippen molar-refractivity contribution >= 4 is 28.0 Å². The zero-order chi connectivity index (χ0) is 16.0. The molecule has 1 amide bonds. The lowest BCUT2D eigenvalue weighted by Crippen LogP contribution is -2.27. The summed E-state index contributed by atoms with van der Waals surface area (Å²) in [7, 11) is -1.47. The van der Waals surface area contributed by atoms with Gasteiger partial charge < -0.3 is 4.74 Å². The zero-order valence-corrected chi connectivity index (χ0v) is 13.0. The van der Waals surface area contributed by atoms with Crippen LogP contribution in [0.25, 0.3) is 6.08 Å². The van der Waals surface area contributed by atoms with Gasteiger partial charge >= 0.3 is 0 Å². The predicted octanol–water partition coefficient (Wildman–Crippen LogP) is 1.25. The molecule has 1 heterocycles. The minimum Gasteiger partial charge on any atom is -0.496 e. The van der Waals surface area contributed by atoms with Crippen molar-refractivity contribution in [3.05, 3.63) is 35.9 Å². The number of hydrazone groups is 1. The number of carbonyl (C=O) groups is 1. The third-order valence-electron chi connectivity index (χ3n) is 3.35. The topological polar surface area (TPSA) is 84.8 Å². The van der Waals surface area contributed by atoms with Gasteiger partial charge in [-0.25, -0.2) is 13.8 Å². The number of nitrogens with one attached hydrogen (secondary N) is 1. The van der Waals surface area contributed by atoms with Gasteiger partial charge in [0.2, 0.25) is 5.91 Å². The molecular weight excluding hydrogens is 304 g/mol. The average molecular weight is 322 g/mol. The van der Waals surface area contributed by atoms with E-state index in [4.69, 9.17) is 4.74 Å². The third kappa shape index (κ3) is 4.42. The number of sulfone groups is 1. The van der Waals surface area contributed by atoms with Crippen LogP contribution in [0.1, 0.15) is 12.0 Å². The predicted molar refractivity (Wildman–Crippen MR) is 85.4 cm³/mol. The van der Waals surface area contributed by atoms with Crippen molar-refractivity contribution in [2.75, 3.05) is 18.6 Å². The van der Waals surface area contributed by atoms with Crippen LogP contribution in [-0.4, -0.2) is 39.2 Å². The number of methoxy groups -OCH3 is 1. The smallest absolute Gasteiger partial charge is 0.244 e. The van der Waals surface area contributed by atoms with Crippen molar-refractivity contribution in [2.45, 2.75) is 6.42 Å². The highest BCUT2D eigenvalue weighted by atomic mass is 32.2. The van der Waals surface area contributed by atoms with E-state index in [0.29, 0.717) is 6.42 Å². The van der Waals surface area contributed by atoms with Crippen molar-refractivity contribution < 1.29 is 17.9 Å². The van der Waals surface area contributed by atoms with Crippen LogP contribution in [0.4, 0.5) is 0 Å². The Labute approximate surface area is 129 Å². The highest BCUT2D eigenvalue weighted by Crippen LogP contribution is 2.19. The lowest BCUT2D eigenvalue weighted by Gasteiger charge is -2.04. The Morgan fingerprint density at radius 2 is 2.18 bits per heavy atom. The normalized spacial score (nSPS) is 20.5. The fraction of sp³-hybridized carbons (Fsp3) is 0.333. The molecule has 7 heteroatoms. The average Bonchev–Trinajstić information content (AvgIpc) is 2.87. The first kappa shape index (κ1) is 16.2. The highest BCUT2D eigenvalue weighted by Gasteiger charge is 2.32. The van der Waals surface area contributed by atoms with E-state index in [0.717, 1.165) is 11.3 Å². The summed E-state index contributed by atoms with van der Waals surface area (Å²) in [5, 5.41) is 3.79. The van der Waals surface area contributed by atoms with Gasteiger partial charge in [-0.05, 0) is 24.6 Å². The Morgan fingerprint density at radius 3 is 2.86 bits per heavy atom. The molecule has 22 heavy (non-hydrogen) atoms. The number of carbonyl (C=O) groups excluding carboxylic acids is 1. The second kappa shape index (κ2) is 7.22. The number of benzene rings is 1. The zero-order valence-electron chi connectivity index (χ0n) is 12.2. The molecule has 0 aliphatic carbocycles. The van der Waals surface area contributed by atoms with Gasteiger partial charge in [-0.1, -0.05) is 18.2 Å². The first-order valence-corrected chi connectivity index (χ1v) is 8.67. The molecule has 0 saturated carbocycles. The fourth-order valence-electron chi connectivity index (χ4n) is 2.19. The maximum atomic E-state index is 11.7. The third-order valence-corrected chi connectivity index (χ3v) is 5.12. The SMILES string of the molecule is COc1ccccc1/C=C/C=N\NC(=O)[C@@H]1CCS(=O)(=O)C1. The van der Waals surface area contributed by atoms with Crippen LogP contribution in [0.2, 0.25) is 0 Å². The summed E-state index contributed by atoms with van der Waals surface area (Å²) >= 11 is 0. The maximum absolute atomic E-state index is 11.7. The van der Waals surface area contributed by atoms with E-state index in [1.54, 1.807) is 19.3 Å². The van der Waals surface area contributed by atoms with Crippen LogP contribution in [-0.2, 0) is 14.6 Å². The van der Waals surface area contributed by atoms with Crippen LogP contribution in [0, 0.1) is 5.92 Å². The van der Waals surface area contributed by atoms with Gasteiger partial charge in [0, 0.05) is 11.8 Å². The van der Waals surface area contributed by atoms with Crippen molar-refractivity contribution in [1.29, 1.82) is 0 Å². The molecule has 1 atom stereocenters. The first-order valence-electron chi connectivity index (χ1n) is 6.85. The molecule has 1 fully saturated rings. The summed E-state index contributed by atoms with van der Waals surface area (Å²) in [6.07, 6.45) is 5.27. The summed E-state index contributed by atoms with van der Waals surface area (Å²) < 4.78 is 27.8. The van der Waals surface area contributed by atoms with Crippen molar-refractivity contribution in [3.8, 4) is 5.75 Å². The van der Waals surface area contributed by atoms with Crippen molar-refractivity contribution in [3.63, 3.8) is 0 Å². The largest absolute Gasteiger partial charge is 0.496 e. The molecule has 118 valence electrons. The summed E-state index contributed by atoms with van der Waals surface area (Å²) in [6, 6.07) is 7.51. The highest BCUT2D eigenvalue weighted by molar-refractivity contribution is 7.91. The van der Waals surface area contributed by atoms with E-state index in [9.17, 15) is 13.2 Å². The number of para-hydroxylation sites is 1. The molecule has 2 rings (SSSR count). The number of allylic oxidation sites excluding steroid dienone is 1. The molecule has 6 nitrogen and oxygen atoms in total.